The summed E-state index contributed by atoms with van der Waals surface area (Å²) in [4.78, 5) is -1.34. The number of nitrogen functional groups attached to an aromatic ring is 1. The Hall–Kier alpha value is -1.97. The number of anilines is 1. The molecule has 0 bridgehead atoms. The molecule has 0 saturated heterocycles. The molecular weight excluding hydrogens is 433 g/mol. The Bertz CT molecular complexity index is 979. The Morgan fingerprint density at radius 2 is 1.77 bits per heavy atom. The molecule has 1 unspecified atom stereocenters. The second kappa shape index (κ2) is 6.64. The molecule has 2 N–H and O–H groups in total. The summed E-state index contributed by atoms with van der Waals surface area (Å²) in [5.74, 6) is -1.14. The van der Waals surface area contributed by atoms with Crippen LogP contribution in [-0.2, 0) is 17.0 Å². The van der Waals surface area contributed by atoms with E-state index in [0.29, 0.717) is 12.1 Å². The van der Waals surface area contributed by atoms with Crippen molar-refractivity contribution in [2.24, 2.45) is 0 Å². The zero-order chi connectivity index (χ0) is 21.6. The minimum Gasteiger partial charge on any atom is -0.383 e. The summed E-state index contributed by atoms with van der Waals surface area (Å²) in [6.45, 7) is 0. The molecule has 0 aliphatic carbocycles. The average Bonchev–Trinajstić information content (AvgIpc) is 2.90. The number of hydrogen-bond donors (Lipinski definition) is 1. The number of halogens is 8. The third kappa shape index (κ3) is 3.60. The van der Waals surface area contributed by atoms with Crippen LogP contribution in [0.5, 0.6) is 0 Å². The molecule has 0 fully saturated rings. The summed E-state index contributed by atoms with van der Waals surface area (Å²) in [5, 5.41) is 10.9. The fraction of sp³-hybridized carbons (Fsp3) is 0.167. The number of nitrogens with two attached hydrogens (primary N) is 1. The van der Waals surface area contributed by atoms with Crippen molar-refractivity contribution in [2.45, 2.75) is 16.6 Å². The molecule has 2 rings (SSSR count). The smallest absolute Gasteiger partial charge is 0.383 e. The highest BCUT2D eigenvalue weighted by Crippen LogP contribution is 2.40. The predicted octanol–water partition coefficient (Wildman–Crippen LogP) is 4.28. The minimum absolute atomic E-state index is 0.280. The first-order valence-corrected chi connectivity index (χ1v) is 7.97. The number of benzene rings is 1. The van der Waals surface area contributed by atoms with E-state index in [1.165, 1.54) is 6.07 Å². The molecule has 2 aromatic rings. The minimum atomic E-state index is -5.38. The molecule has 5 nitrogen and oxygen atoms in total. The first-order chi connectivity index (χ1) is 12.7. The van der Waals surface area contributed by atoms with Gasteiger partial charge in [0.1, 0.15) is 22.5 Å². The molecule has 1 heterocycles. The van der Waals surface area contributed by atoms with E-state index in [4.69, 9.17) is 31.3 Å². The Labute approximate surface area is 156 Å². The highest BCUT2D eigenvalue weighted by molar-refractivity contribution is 7.86. The van der Waals surface area contributed by atoms with Gasteiger partial charge in [0.25, 0.3) is 0 Å². The van der Waals surface area contributed by atoms with E-state index in [0.717, 1.165) is 0 Å². The van der Waals surface area contributed by atoms with Gasteiger partial charge >= 0.3 is 11.7 Å². The van der Waals surface area contributed by atoms with Gasteiger partial charge in [0.15, 0.2) is 19.3 Å². The Balaban J connectivity index is 2.87. The van der Waals surface area contributed by atoms with Gasteiger partial charge in [-0.25, -0.2) is 8.89 Å². The molecular formula is C12H4Cl2F6N4OS. The van der Waals surface area contributed by atoms with Gasteiger partial charge in [-0.05, 0) is 12.1 Å². The number of alkyl halides is 6. The molecule has 0 aliphatic heterocycles. The van der Waals surface area contributed by atoms with Crippen LogP contribution in [0.4, 0.5) is 32.2 Å². The number of nitriles is 1. The summed E-state index contributed by atoms with van der Waals surface area (Å²) in [6.07, 6.45) is -4.85. The SMILES string of the molecule is [2H]N([2H])c1c(S(=O)C(F)(F)F)c(C#N)nn1-c1c(Cl)cc(C(F)(F)F)cc1Cl. The lowest BCUT2D eigenvalue weighted by Crippen LogP contribution is -2.18. The van der Waals surface area contributed by atoms with E-state index in [9.17, 15) is 30.6 Å². The third-order valence-electron chi connectivity index (χ3n) is 2.88. The van der Waals surface area contributed by atoms with E-state index in [-0.39, 0.29) is 4.68 Å². The van der Waals surface area contributed by atoms with E-state index >= 15 is 0 Å². The van der Waals surface area contributed by atoms with Crippen molar-refractivity contribution in [3.8, 4) is 11.8 Å². The lowest BCUT2D eigenvalue weighted by molar-refractivity contribution is -0.137. The maximum absolute atomic E-state index is 12.9. The molecule has 1 aromatic carbocycles. The maximum Gasteiger partial charge on any atom is 0.476 e. The molecule has 0 amide bonds. The number of rotatable bonds is 3. The lowest BCUT2D eigenvalue weighted by atomic mass is 10.2. The first kappa shape index (κ1) is 17.4. The summed E-state index contributed by atoms with van der Waals surface area (Å²) in [7, 11) is -3.88. The molecule has 0 radical (unpaired) electrons. The predicted molar refractivity (Wildman–Crippen MR) is 80.2 cm³/mol. The van der Waals surface area contributed by atoms with Gasteiger partial charge in [-0.3, -0.25) is 0 Å². The van der Waals surface area contributed by atoms with E-state index in [1.54, 1.807) is 0 Å². The van der Waals surface area contributed by atoms with Gasteiger partial charge in [-0.1, -0.05) is 23.2 Å². The van der Waals surface area contributed by atoms with Crippen molar-refractivity contribution < 1.29 is 33.4 Å². The van der Waals surface area contributed by atoms with Crippen LogP contribution in [0.3, 0.4) is 0 Å². The number of nitrogens with zero attached hydrogens (tertiary/aromatic N) is 3. The summed E-state index contributed by atoms with van der Waals surface area (Å²) >= 11 is 11.5. The van der Waals surface area contributed by atoms with Crippen LogP contribution in [0, 0.1) is 11.3 Å². The van der Waals surface area contributed by atoms with Crippen molar-refractivity contribution in [1.29, 1.82) is 5.26 Å². The number of aromatic nitrogens is 2. The Morgan fingerprint density at radius 3 is 2.15 bits per heavy atom. The van der Waals surface area contributed by atoms with Crippen molar-refractivity contribution in [1.82, 2.24) is 9.78 Å². The van der Waals surface area contributed by atoms with Gasteiger partial charge in [0, 0.05) is 0 Å². The summed E-state index contributed by atoms with van der Waals surface area (Å²) in [6, 6.07) is 2.00. The second-order valence-corrected chi connectivity index (χ2v) is 6.75. The van der Waals surface area contributed by atoms with Crippen LogP contribution in [0.15, 0.2) is 17.0 Å². The molecule has 0 saturated carbocycles. The fourth-order valence-corrected chi connectivity index (χ4v) is 3.23. The average molecular weight is 439 g/mol. The van der Waals surface area contributed by atoms with Crippen LogP contribution in [0.25, 0.3) is 5.69 Å². The zero-order valence-corrected chi connectivity index (χ0v) is 14.1. The van der Waals surface area contributed by atoms with Crippen LogP contribution in [0.2, 0.25) is 12.9 Å². The van der Waals surface area contributed by atoms with E-state index in [1.807, 2.05) is 0 Å². The second-order valence-electron chi connectivity index (χ2n) is 4.53. The van der Waals surface area contributed by atoms with Gasteiger partial charge in [0.2, 0.25) is 0 Å². The van der Waals surface area contributed by atoms with E-state index in [2.05, 4.69) is 5.10 Å². The van der Waals surface area contributed by atoms with Crippen molar-refractivity contribution in [3.05, 3.63) is 33.4 Å². The van der Waals surface area contributed by atoms with Gasteiger partial charge < -0.3 is 5.72 Å². The molecule has 0 aliphatic rings. The topological polar surface area (TPSA) is 84.7 Å². The molecule has 26 heavy (non-hydrogen) atoms. The molecule has 0 spiro atoms. The van der Waals surface area contributed by atoms with Crippen LogP contribution in [0.1, 0.15) is 11.3 Å². The third-order valence-corrected chi connectivity index (χ3v) is 4.62. The van der Waals surface area contributed by atoms with Crippen LogP contribution >= 0.6 is 23.2 Å². The van der Waals surface area contributed by atoms with Crippen LogP contribution < -0.4 is 5.72 Å². The molecule has 140 valence electrons. The molecule has 14 heteroatoms. The normalized spacial score (nSPS) is 14.4. The van der Waals surface area contributed by atoms with Crippen molar-refractivity contribution in [2.75, 3.05) is 5.72 Å². The largest absolute Gasteiger partial charge is 0.476 e. The van der Waals surface area contributed by atoms with Gasteiger partial charge in [-0.2, -0.15) is 36.7 Å². The maximum atomic E-state index is 12.9. The molecule has 1 aromatic heterocycles. The van der Waals surface area contributed by atoms with Crippen molar-refractivity contribution in [3.63, 3.8) is 0 Å². The zero-order valence-electron chi connectivity index (χ0n) is 13.8. The fourth-order valence-electron chi connectivity index (χ4n) is 1.84. The lowest BCUT2D eigenvalue weighted by Gasteiger charge is -2.13. The highest BCUT2D eigenvalue weighted by atomic mass is 35.5. The highest BCUT2D eigenvalue weighted by Gasteiger charge is 2.42. The van der Waals surface area contributed by atoms with E-state index < -0.39 is 65.9 Å². The number of hydrogen-bond acceptors (Lipinski definition) is 4. The Kier molecular flexibility index (Phi) is 4.45. The van der Waals surface area contributed by atoms with Crippen molar-refractivity contribution >= 4 is 39.8 Å². The first-order valence-electron chi connectivity index (χ1n) is 6.95. The quantitative estimate of drug-likeness (QED) is 0.724. The summed E-state index contributed by atoms with van der Waals surface area (Å²) in [5.41, 5.74) is -8.83. The van der Waals surface area contributed by atoms with Gasteiger partial charge in [-0.15, -0.1) is 0 Å². The van der Waals surface area contributed by atoms with Gasteiger partial charge in [0.05, 0.1) is 15.6 Å². The molecule has 1 atom stereocenters. The monoisotopic (exact) mass is 438 g/mol. The Morgan fingerprint density at radius 1 is 1.23 bits per heavy atom. The summed E-state index contributed by atoms with van der Waals surface area (Å²) < 4.78 is 104. The van der Waals surface area contributed by atoms with Crippen LogP contribution in [-0.4, -0.2) is 19.5 Å². The standard InChI is InChI=1S/C12H4Cl2F6N4OS/c13-5-1-4(11(15,16)17)2-6(14)8(5)24-10(22)9(7(3-21)23-24)26(25)12(18,19)20/h1-2H,22H2/i/hD2.